The minimum absolute atomic E-state index is 0.0463. The van der Waals surface area contributed by atoms with Crippen LogP contribution in [0.1, 0.15) is 16.7 Å². The normalized spacial score (nSPS) is 13.8. The maximum Gasteiger partial charge on any atom is 0.283 e. The zero-order valence-corrected chi connectivity index (χ0v) is 18.1. The molecule has 0 fully saturated rings. The molecule has 0 aliphatic heterocycles. The summed E-state index contributed by atoms with van der Waals surface area (Å²) in [6.45, 7) is 0. The van der Waals surface area contributed by atoms with Crippen molar-refractivity contribution in [3.63, 3.8) is 0 Å². The van der Waals surface area contributed by atoms with Gasteiger partial charge in [-0.15, -0.1) is 0 Å². The van der Waals surface area contributed by atoms with Gasteiger partial charge in [-0.05, 0) is 24.3 Å². The van der Waals surface area contributed by atoms with Crippen molar-refractivity contribution >= 4 is 56.5 Å². The summed E-state index contributed by atoms with van der Waals surface area (Å²) in [4.78, 5) is 0. The third kappa shape index (κ3) is 3.54. The van der Waals surface area contributed by atoms with E-state index in [1.807, 2.05) is 0 Å². The van der Waals surface area contributed by atoms with E-state index in [0.717, 1.165) is 12.1 Å². The number of aromatic hydroxyl groups is 2. The largest absolute Gasteiger partial charge is 0.506 e. The van der Waals surface area contributed by atoms with E-state index in [1.165, 1.54) is 36.4 Å². The molecule has 152 valence electrons. The molecule has 1 atom stereocenters. The van der Waals surface area contributed by atoms with Crippen LogP contribution in [0.4, 0.5) is 0 Å². The molecular formula is C19H12Cl4O5S. The molecule has 0 aliphatic rings. The Labute approximate surface area is 186 Å². The van der Waals surface area contributed by atoms with Gasteiger partial charge in [0.1, 0.15) is 11.5 Å². The Morgan fingerprint density at radius 1 is 0.690 bits per heavy atom. The van der Waals surface area contributed by atoms with Gasteiger partial charge in [0.25, 0.3) is 10.1 Å². The second-order valence-corrected chi connectivity index (χ2v) is 9.25. The summed E-state index contributed by atoms with van der Waals surface area (Å²) in [5.41, 5.74) is -0.719. The number of phenols is 2. The number of rotatable bonds is 4. The predicted molar refractivity (Wildman–Crippen MR) is 114 cm³/mol. The van der Waals surface area contributed by atoms with Gasteiger partial charge in [-0.25, -0.2) is 0 Å². The molecule has 3 N–H and O–H groups in total. The van der Waals surface area contributed by atoms with Crippen LogP contribution in [0.2, 0.25) is 20.1 Å². The summed E-state index contributed by atoms with van der Waals surface area (Å²) in [5.74, 6) is -1.11. The standard InChI is InChI=1S/C19H12Cl4O5S/c20-13-6-2-1-4-10(13)19(29(26,27)28,11-5-3-7-14(21)18(11)25)12-8-17(24)16(23)9-15(12)22/h1-9,24-25H,(H,26,27,28). The smallest absolute Gasteiger partial charge is 0.283 e. The molecule has 0 radical (unpaired) electrons. The SMILES string of the molecule is O=S(=O)(O)C(c1ccccc1Cl)(c1cc(O)c(Cl)cc1Cl)c1cccc(Cl)c1O. The Bertz CT molecular complexity index is 1210. The highest BCUT2D eigenvalue weighted by Crippen LogP contribution is 2.53. The molecule has 0 aliphatic carbocycles. The van der Waals surface area contributed by atoms with Crippen molar-refractivity contribution in [3.8, 4) is 11.5 Å². The molecule has 3 aromatic rings. The van der Waals surface area contributed by atoms with Crippen LogP contribution in [-0.2, 0) is 14.9 Å². The molecular weight excluding hydrogens is 482 g/mol. The summed E-state index contributed by atoms with van der Waals surface area (Å²) < 4.78 is 33.9. The van der Waals surface area contributed by atoms with E-state index in [9.17, 15) is 23.2 Å². The molecule has 3 aromatic carbocycles. The second-order valence-electron chi connectivity index (χ2n) is 6.06. The Kier molecular flexibility index (Phi) is 5.98. The highest BCUT2D eigenvalue weighted by molar-refractivity contribution is 7.87. The molecule has 0 amide bonds. The molecule has 0 aromatic heterocycles. The zero-order chi connectivity index (χ0) is 21.6. The lowest BCUT2D eigenvalue weighted by molar-refractivity contribution is 0.439. The molecule has 0 saturated carbocycles. The van der Waals surface area contributed by atoms with E-state index >= 15 is 0 Å². The minimum Gasteiger partial charge on any atom is -0.506 e. The minimum atomic E-state index is -5.14. The fourth-order valence-corrected chi connectivity index (χ4v) is 5.64. The van der Waals surface area contributed by atoms with Crippen molar-refractivity contribution in [3.05, 3.63) is 91.4 Å². The zero-order valence-electron chi connectivity index (χ0n) is 14.3. The lowest BCUT2D eigenvalue weighted by Crippen LogP contribution is -2.39. The van der Waals surface area contributed by atoms with Gasteiger partial charge in [0.15, 0.2) is 4.75 Å². The Hall–Kier alpha value is -1.67. The highest BCUT2D eigenvalue weighted by atomic mass is 35.5. The maximum absolute atomic E-state index is 13.0. The lowest BCUT2D eigenvalue weighted by atomic mass is 9.83. The third-order valence-electron chi connectivity index (χ3n) is 4.42. The quantitative estimate of drug-likeness (QED) is 0.311. The van der Waals surface area contributed by atoms with Crippen LogP contribution in [-0.4, -0.2) is 23.2 Å². The molecule has 10 heteroatoms. The van der Waals surface area contributed by atoms with Gasteiger partial charge in [0.05, 0.1) is 10.0 Å². The van der Waals surface area contributed by atoms with Crippen LogP contribution in [0.3, 0.4) is 0 Å². The molecule has 0 spiro atoms. The number of benzene rings is 3. The van der Waals surface area contributed by atoms with Crippen molar-refractivity contribution in [2.75, 3.05) is 0 Å². The van der Waals surface area contributed by atoms with E-state index < -0.39 is 26.4 Å². The second kappa shape index (κ2) is 7.87. The average molecular weight is 494 g/mol. The third-order valence-corrected chi connectivity index (χ3v) is 7.11. The number of hydrogen-bond acceptors (Lipinski definition) is 4. The van der Waals surface area contributed by atoms with Crippen LogP contribution in [0.25, 0.3) is 0 Å². The van der Waals surface area contributed by atoms with Gasteiger partial charge >= 0.3 is 0 Å². The number of hydrogen-bond donors (Lipinski definition) is 3. The number of phenolic OH excluding ortho intramolecular Hbond substituents is 2. The number of para-hydroxylation sites is 1. The lowest BCUT2D eigenvalue weighted by Gasteiger charge is -2.34. The Balaban J connectivity index is 2.66. The average Bonchev–Trinajstić information content (AvgIpc) is 2.63. The van der Waals surface area contributed by atoms with Crippen LogP contribution >= 0.6 is 46.4 Å². The molecule has 0 saturated heterocycles. The van der Waals surface area contributed by atoms with E-state index in [-0.39, 0.29) is 36.8 Å². The summed E-state index contributed by atoms with van der Waals surface area (Å²) in [7, 11) is -5.14. The van der Waals surface area contributed by atoms with Crippen molar-refractivity contribution in [2.24, 2.45) is 0 Å². The topological polar surface area (TPSA) is 94.8 Å². The first-order chi connectivity index (χ1) is 13.5. The van der Waals surface area contributed by atoms with Gasteiger partial charge in [-0.3, -0.25) is 4.55 Å². The molecule has 1 unspecified atom stereocenters. The van der Waals surface area contributed by atoms with E-state index in [2.05, 4.69) is 0 Å². The molecule has 0 bridgehead atoms. The summed E-state index contributed by atoms with van der Waals surface area (Å²) in [5, 5.41) is 20.2. The Morgan fingerprint density at radius 3 is 1.90 bits per heavy atom. The van der Waals surface area contributed by atoms with Gasteiger partial charge in [0, 0.05) is 26.7 Å². The number of halogens is 4. The van der Waals surface area contributed by atoms with Crippen molar-refractivity contribution < 1.29 is 23.2 Å². The summed E-state index contributed by atoms with van der Waals surface area (Å²) in [6, 6.07) is 11.9. The first-order valence-corrected chi connectivity index (χ1v) is 10.9. The van der Waals surface area contributed by atoms with Crippen molar-refractivity contribution in [2.45, 2.75) is 4.75 Å². The maximum atomic E-state index is 13.0. The van der Waals surface area contributed by atoms with Crippen LogP contribution in [0.15, 0.2) is 54.6 Å². The van der Waals surface area contributed by atoms with Gasteiger partial charge in [-0.2, -0.15) is 8.42 Å². The molecule has 5 nitrogen and oxygen atoms in total. The van der Waals surface area contributed by atoms with Crippen LogP contribution in [0, 0.1) is 0 Å². The van der Waals surface area contributed by atoms with Crippen LogP contribution < -0.4 is 0 Å². The van der Waals surface area contributed by atoms with E-state index in [4.69, 9.17) is 46.4 Å². The van der Waals surface area contributed by atoms with Crippen LogP contribution in [0.5, 0.6) is 11.5 Å². The summed E-state index contributed by atoms with van der Waals surface area (Å²) in [6.07, 6.45) is 0. The first kappa shape index (κ1) is 22.0. The predicted octanol–water partition coefficient (Wildman–Crippen LogP) is 5.89. The molecule has 3 rings (SSSR count). The monoisotopic (exact) mass is 492 g/mol. The summed E-state index contributed by atoms with van der Waals surface area (Å²) >= 11 is 24.5. The molecule has 0 heterocycles. The van der Waals surface area contributed by atoms with Crippen molar-refractivity contribution in [1.82, 2.24) is 0 Å². The highest BCUT2D eigenvalue weighted by Gasteiger charge is 2.52. The Morgan fingerprint density at radius 2 is 1.28 bits per heavy atom. The van der Waals surface area contributed by atoms with Gasteiger partial charge in [-0.1, -0.05) is 76.7 Å². The first-order valence-electron chi connectivity index (χ1n) is 7.90. The fourth-order valence-electron chi connectivity index (χ4n) is 3.21. The van der Waals surface area contributed by atoms with Crippen molar-refractivity contribution in [1.29, 1.82) is 0 Å². The van der Waals surface area contributed by atoms with Gasteiger partial charge in [0.2, 0.25) is 0 Å². The fraction of sp³-hybridized carbons (Fsp3) is 0.0526. The molecule has 29 heavy (non-hydrogen) atoms. The van der Waals surface area contributed by atoms with Gasteiger partial charge < -0.3 is 10.2 Å². The van der Waals surface area contributed by atoms with E-state index in [1.54, 1.807) is 6.07 Å². The van der Waals surface area contributed by atoms with E-state index in [0.29, 0.717) is 0 Å².